The molecule has 1 aliphatic heterocycles. The molecule has 1 fully saturated rings. The van der Waals surface area contributed by atoms with E-state index in [1.54, 1.807) is 0 Å². The molecule has 2 heterocycles. The summed E-state index contributed by atoms with van der Waals surface area (Å²) in [6.45, 7) is 6.69. The number of nitrogens with zero attached hydrogens (tertiary/aromatic N) is 2. The molecule has 3 nitrogen and oxygen atoms in total. The monoisotopic (exact) mass is 261 g/mol. The van der Waals surface area contributed by atoms with Crippen molar-refractivity contribution in [3.63, 3.8) is 0 Å². The maximum atomic E-state index is 5.43. The lowest BCUT2D eigenvalue weighted by Gasteiger charge is -2.15. The molecule has 0 saturated carbocycles. The Morgan fingerprint density at radius 1 is 1.22 bits per heavy atom. The van der Waals surface area contributed by atoms with Gasteiger partial charge in [-0.05, 0) is 62.8 Å². The second-order valence-corrected chi connectivity index (χ2v) is 5.54. The van der Waals surface area contributed by atoms with Gasteiger partial charge >= 0.3 is 0 Å². The van der Waals surface area contributed by atoms with Crippen LogP contribution < -0.4 is 0 Å². The number of likely N-dealkylation sites (tertiary alicyclic amines) is 1. The molecule has 96 valence electrons. The van der Waals surface area contributed by atoms with Gasteiger partial charge in [0.25, 0.3) is 0 Å². The number of hydrogen-bond donors (Lipinski definition) is 1. The van der Waals surface area contributed by atoms with Crippen LogP contribution in [-0.4, -0.2) is 34.1 Å². The van der Waals surface area contributed by atoms with Crippen molar-refractivity contribution >= 4 is 23.3 Å². The van der Waals surface area contributed by atoms with E-state index in [1.165, 1.54) is 37.0 Å². The number of imidazole rings is 1. The lowest BCUT2D eigenvalue weighted by Crippen LogP contribution is -2.24. The maximum Gasteiger partial charge on any atom is 0.178 e. The minimum atomic E-state index is 0.842. The molecule has 0 atom stereocenters. The summed E-state index contributed by atoms with van der Waals surface area (Å²) < 4.78 is 3.07. The van der Waals surface area contributed by atoms with E-state index < -0.39 is 0 Å². The Hall–Kier alpha value is -1.13. The molecule has 0 radical (unpaired) electrons. The molecular formula is C14H19N3S. The summed E-state index contributed by atoms with van der Waals surface area (Å²) >= 11 is 5.43. The van der Waals surface area contributed by atoms with Crippen molar-refractivity contribution in [2.24, 2.45) is 0 Å². The van der Waals surface area contributed by atoms with Gasteiger partial charge in [-0.3, -0.25) is 0 Å². The van der Waals surface area contributed by atoms with Gasteiger partial charge in [-0.1, -0.05) is 6.07 Å². The van der Waals surface area contributed by atoms with E-state index in [-0.39, 0.29) is 0 Å². The Bertz CT molecular complexity index is 605. The molecule has 1 aromatic heterocycles. The third-order valence-electron chi connectivity index (χ3n) is 3.77. The zero-order valence-electron chi connectivity index (χ0n) is 10.8. The highest BCUT2D eigenvalue weighted by atomic mass is 32.1. The Labute approximate surface area is 112 Å². The SMILES string of the molecule is Cc1ccc2c(c1)[nH]c(=S)n2CCN1CCCC1. The van der Waals surface area contributed by atoms with Gasteiger partial charge in [-0.2, -0.15) is 0 Å². The Morgan fingerprint density at radius 2 is 2.00 bits per heavy atom. The van der Waals surface area contributed by atoms with E-state index in [0.29, 0.717) is 0 Å². The van der Waals surface area contributed by atoms with Gasteiger partial charge in [0, 0.05) is 13.1 Å². The van der Waals surface area contributed by atoms with Crippen LogP contribution >= 0.6 is 12.2 Å². The quantitative estimate of drug-likeness (QED) is 0.858. The third-order valence-corrected chi connectivity index (χ3v) is 4.09. The average molecular weight is 261 g/mol. The lowest BCUT2D eigenvalue weighted by atomic mass is 10.2. The molecule has 0 amide bonds. The standard InChI is InChI=1S/C14H19N3S/c1-11-4-5-13-12(10-11)15-14(18)17(13)9-8-16-6-2-3-7-16/h4-5,10H,2-3,6-9H2,1H3,(H,15,18). The van der Waals surface area contributed by atoms with E-state index in [4.69, 9.17) is 12.2 Å². The topological polar surface area (TPSA) is 24.0 Å². The number of aromatic nitrogens is 2. The molecular weight excluding hydrogens is 242 g/mol. The molecule has 0 spiro atoms. The van der Waals surface area contributed by atoms with Crippen LogP contribution in [0.3, 0.4) is 0 Å². The summed E-state index contributed by atoms with van der Waals surface area (Å²) in [5.41, 5.74) is 3.65. The van der Waals surface area contributed by atoms with E-state index >= 15 is 0 Å². The molecule has 3 rings (SSSR count). The minimum Gasteiger partial charge on any atom is -0.331 e. The average Bonchev–Trinajstić information content (AvgIpc) is 2.93. The van der Waals surface area contributed by atoms with Crippen LogP contribution in [0.2, 0.25) is 0 Å². The highest BCUT2D eigenvalue weighted by Crippen LogP contribution is 2.16. The Balaban J connectivity index is 1.86. The maximum absolute atomic E-state index is 5.43. The third kappa shape index (κ3) is 2.22. The van der Waals surface area contributed by atoms with E-state index in [1.807, 2.05) is 0 Å². The summed E-state index contributed by atoms with van der Waals surface area (Å²) in [4.78, 5) is 5.83. The van der Waals surface area contributed by atoms with Crippen LogP contribution in [0.15, 0.2) is 18.2 Å². The van der Waals surface area contributed by atoms with Gasteiger partial charge in [0.2, 0.25) is 0 Å². The number of H-pyrrole nitrogens is 1. The van der Waals surface area contributed by atoms with Crippen LogP contribution in [0.1, 0.15) is 18.4 Å². The van der Waals surface area contributed by atoms with Crippen molar-refractivity contribution in [2.45, 2.75) is 26.3 Å². The highest BCUT2D eigenvalue weighted by Gasteiger charge is 2.12. The molecule has 1 aliphatic rings. The first-order valence-corrected chi connectivity index (χ1v) is 7.06. The molecule has 4 heteroatoms. The van der Waals surface area contributed by atoms with Crippen molar-refractivity contribution in [2.75, 3.05) is 19.6 Å². The molecule has 18 heavy (non-hydrogen) atoms. The van der Waals surface area contributed by atoms with E-state index in [9.17, 15) is 0 Å². The van der Waals surface area contributed by atoms with Crippen LogP contribution in [0.4, 0.5) is 0 Å². The van der Waals surface area contributed by atoms with Crippen LogP contribution in [0, 0.1) is 11.7 Å². The first-order valence-electron chi connectivity index (χ1n) is 6.65. The van der Waals surface area contributed by atoms with Gasteiger partial charge in [0.1, 0.15) is 0 Å². The summed E-state index contributed by atoms with van der Waals surface area (Å²) in [6.07, 6.45) is 2.69. The summed E-state index contributed by atoms with van der Waals surface area (Å²) in [7, 11) is 0. The number of fused-ring (bicyclic) bond motifs is 1. The zero-order chi connectivity index (χ0) is 12.5. The predicted molar refractivity (Wildman–Crippen MR) is 77.5 cm³/mol. The van der Waals surface area contributed by atoms with Crippen molar-refractivity contribution in [3.05, 3.63) is 28.5 Å². The summed E-state index contributed by atoms with van der Waals surface area (Å²) in [5, 5.41) is 0. The first kappa shape index (κ1) is 11.9. The number of rotatable bonds is 3. The van der Waals surface area contributed by atoms with Crippen LogP contribution in [-0.2, 0) is 6.54 Å². The van der Waals surface area contributed by atoms with Crippen molar-refractivity contribution in [3.8, 4) is 0 Å². The fraction of sp³-hybridized carbons (Fsp3) is 0.500. The largest absolute Gasteiger partial charge is 0.331 e. The lowest BCUT2D eigenvalue weighted by molar-refractivity contribution is 0.323. The first-order chi connectivity index (χ1) is 8.74. The van der Waals surface area contributed by atoms with Gasteiger partial charge in [0.15, 0.2) is 4.77 Å². The number of hydrogen-bond acceptors (Lipinski definition) is 2. The van der Waals surface area contributed by atoms with Gasteiger partial charge in [0.05, 0.1) is 11.0 Å². The van der Waals surface area contributed by atoms with Crippen LogP contribution in [0.25, 0.3) is 11.0 Å². The number of nitrogens with one attached hydrogen (secondary N) is 1. The normalized spacial score (nSPS) is 16.7. The number of aryl methyl sites for hydroxylation is 1. The summed E-state index contributed by atoms with van der Waals surface area (Å²) in [6, 6.07) is 6.48. The molecule has 1 aromatic carbocycles. The Kier molecular flexibility index (Phi) is 3.22. The fourth-order valence-electron chi connectivity index (χ4n) is 2.75. The Morgan fingerprint density at radius 3 is 2.78 bits per heavy atom. The smallest absolute Gasteiger partial charge is 0.178 e. The van der Waals surface area contributed by atoms with E-state index in [0.717, 1.165) is 23.4 Å². The van der Waals surface area contributed by atoms with Crippen molar-refractivity contribution < 1.29 is 0 Å². The molecule has 1 saturated heterocycles. The predicted octanol–water partition coefficient (Wildman–Crippen LogP) is 3.10. The van der Waals surface area contributed by atoms with Gasteiger partial charge in [-0.25, -0.2) is 0 Å². The fourth-order valence-corrected chi connectivity index (χ4v) is 3.05. The zero-order valence-corrected chi connectivity index (χ0v) is 11.6. The second kappa shape index (κ2) is 4.86. The molecule has 0 unspecified atom stereocenters. The van der Waals surface area contributed by atoms with E-state index in [2.05, 4.69) is 39.6 Å². The number of benzene rings is 1. The molecule has 0 bridgehead atoms. The van der Waals surface area contributed by atoms with Gasteiger partial charge < -0.3 is 14.5 Å². The van der Waals surface area contributed by atoms with Gasteiger partial charge in [-0.15, -0.1) is 0 Å². The van der Waals surface area contributed by atoms with Crippen LogP contribution in [0.5, 0.6) is 0 Å². The minimum absolute atomic E-state index is 0.842. The molecule has 2 aromatic rings. The summed E-state index contributed by atoms with van der Waals surface area (Å²) in [5.74, 6) is 0. The number of aromatic amines is 1. The second-order valence-electron chi connectivity index (χ2n) is 5.15. The highest BCUT2D eigenvalue weighted by molar-refractivity contribution is 7.71. The molecule has 1 N–H and O–H groups in total. The molecule has 0 aliphatic carbocycles. The van der Waals surface area contributed by atoms with Crippen molar-refractivity contribution in [1.82, 2.24) is 14.5 Å². The van der Waals surface area contributed by atoms with Crippen molar-refractivity contribution in [1.29, 1.82) is 0 Å².